The number of nitrogens with zero attached hydrogens (tertiary/aromatic N) is 3. The number of amides is 2. The Balaban J connectivity index is 1.13. The van der Waals surface area contributed by atoms with E-state index in [-0.39, 0.29) is 24.2 Å². The van der Waals surface area contributed by atoms with Crippen molar-refractivity contribution in [2.45, 2.75) is 30.4 Å². The number of hydrogen-bond donors (Lipinski definition) is 2. The first-order valence-corrected chi connectivity index (χ1v) is 13.0. The first kappa shape index (κ1) is 22.6. The summed E-state index contributed by atoms with van der Waals surface area (Å²) in [5.74, 6) is 0.176. The Labute approximate surface area is 206 Å². The molecule has 3 heterocycles. The molecule has 7 nitrogen and oxygen atoms in total. The molecule has 1 aliphatic heterocycles. The van der Waals surface area contributed by atoms with Crippen molar-refractivity contribution in [2.75, 3.05) is 18.4 Å². The first-order valence-electron chi connectivity index (χ1n) is 11.2. The molecule has 2 N–H and O–H groups in total. The Kier molecular flexibility index (Phi) is 6.64. The van der Waals surface area contributed by atoms with Crippen LogP contribution in [0, 0.1) is 12.8 Å². The summed E-state index contributed by atoms with van der Waals surface area (Å²) in [5, 5.41) is 13.7. The predicted octanol–water partition coefficient (Wildman–Crippen LogP) is 4.65. The molecule has 1 atom stereocenters. The van der Waals surface area contributed by atoms with Crippen LogP contribution in [-0.2, 0) is 21.8 Å². The minimum absolute atomic E-state index is 0.0217. The number of benzene rings is 2. The van der Waals surface area contributed by atoms with Crippen LogP contribution >= 0.6 is 23.1 Å². The predicted molar refractivity (Wildman–Crippen MR) is 136 cm³/mol. The number of rotatable bonds is 8. The normalized spacial score (nSPS) is 15.9. The lowest BCUT2D eigenvalue weighted by molar-refractivity contribution is -0.128. The highest BCUT2D eigenvalue weighted by Crippen LogP contribution is 2.27. The summed E-state index contributed by atoms with van der Waals surface area (Å²) < 4.78 is 0. The molecule has 2 amide bonds. The minimum atomic E-state index is -0.372. The van der Waals surface area contributed by atoms with Crippen LogP contribution in [0.1, 0.15) is 22.6 Å². The van der Waals surface area contributed by atoms with Gasteiger partial charge in [-0.1, -0.05) is 41.2 Å². The summed E-state index contributed by atoms with van der Waals surface area (Å²) in [4.78, 5) is 31.6. The lowest BCUT2D eigenvalue weighted by atomic mass is 10.1. The molecule has 34 heavy (non-hydrogen) atoms. The number of carbonyl (C=O) groups excluding carboxylic acids is 2. The van der Waals surface area contributed by atoms with Crippen molar-refractivity contribution in [1.29, 1.82) is 0 Å². The van der Waals surface area contributed by atoms with Gasteiger partial charge in [0, 0.05) is 41.5 Å². The van der Waals surface area contributed by atoms with Crippen LogP contribution in [0.2, 0.25) is 0 Å². The SMILES string of the molecule is Cc1ccc2[nH]cc(CCN3C[C@H](C(=O)Nc4nnc(CSc5ccccc5)s4)CC3=O)c2c1. The summed E-state index contributed by atoms with van der Waals surface area (Å²) in [7, 11) is 0. The number of nitrogens with one attached hydrogen (secondary N) is 2. The zero-order chi connectivity index (χ0) is 23.5. The fraction of sp³-hybridized carbons (Fsp3) is 0.280. The average molecular weight is 492 g/mol. The summed E-state index contributed by atoms with van der Waals surface area (Å²) >= 11 is 3.05. The van der Waals surface area contributed by atoms with Crippen molar-refractivity contribution in [3.05, 3.63) is 70.9 Å². The molecular formula is C25H25N5O2S2. The van der Waals surface area contributed by atoms with Gasteiger partial charge in [0.15, 0.2) is 0 Å². The topological polar surface area (TPSA) is 91.0 Å². The van der Waals surface area contributed by atoms with Gasteiger partial charge in [0.25, 0.3) is 0 Å². The number of likely N-dealkylation sites (tertiary alicyclic amines) is 1. The number of carbonyl (C=O) groups is 2. The molecule has 4 aromatic rings. The Morgan fingerprint density at radius 2 is 2.09 bits per heavy atom. The summed E-state index contributed by atoms with van der Waals surface area (Å²) in [6, 6.07) is 16.4. The van der Waals surface area contributed by atoms with Crippen molar-refractivity contribution < 1.29 is 9.59 Å². The largest absolute Gasteiger partial charge is 0.361 e. The number of fused-ring (bicyclic) bond motifs is 1. The van der Waals surface area contributed by atoms with Gasteiger partial charge >= 0.3 is 0 Å². The second-order valence-electron chi connectivity index (χ2n) is 8.45. The van der Waals surface area contributed by atoms with Crippen LogP contribution in [0.15, 0.2) is 59.6 Å². The van der Waals surface area contributed by atoms with Crippen LogP contribution < -0.4 is 5.32 Å². The third-order valence-corrected chi connectivity index (χ3v) is 8.01. The molecule has 0 unspecified atom stereocenters. The van der Waals surface area contributed by atoms with Gasteiger partial charge in [0.1, 0.15) is 5.01 Å². The molecule has 174 valence electrons. The Morgan fingerprint density at radius 3 is 2.94 bits per heavy atom. The second-order valence-corrected chi connectivity index (χ2v) is 10.6. The number of hydrogen-bond acceptors (Lipinski definition) is 6. The first-order chi connectivity index (χ1) is 16.5. The van der Waals surface area contributed by atoms with E-state index in [0.717, 1.165) is 21.8 Å². The van der Waals surface area contributed by atoms with Crippen molar-refractivity contribution in [1.82, 2.24) is 20.1 Å². The van der Waals surface area contributed by atoms with E-state index in [9.17, 15) is 9.59 Å². The van der Waals surface area contributed by atoms with E-state index in [2.05, 4.69) is 57.8 Å². The van der Waals surface area contributed by atoms with Gasteiger partial charge in [-0.25, -0.2) is 0 Å². The molecule has 0 saturated carbocycles. The zero-order valence-corrected chi connectivity index (χ0v) is 20.4. The Morgan fingerprint density at radius 1 is 1.24 bits per heavy atom. The highest BCUT2D eigenvalue weighted by molar-refractivity contribution is 7.98. The van der Waals surface area contributed by atoms with Crippen molar-refractivity contribution in [3.8, 4) is 0 Å². The fourth-order valence-corrected chi connectivity index (χ4v) is 5.80. The molecule has 5 rings (SSSR count). The van der Waals surface area contributed by atoms with Gasteiger partial charge in [-0.2, -0.15) is 0 Å². The van der Waals surface area contributed by atoms with E-state index >= 15 is 0 Å². The van der Waals surface area contributed by atoms with Gasteiger partial charge in [0.05, 0.1) is 11.7 Å². The number of anilines is 1. The molecule has 0 bridgehead atoms. The van der Waals surface area contributed by atoms with Crippen molar-refractivity contribution in [2.24, 2.45) is 5.92 Å². The smallest absolute Gasteiger partial charge is 0.231 e. The molecule has 1 aliphatic rings. The molecule has 0 spiro atoms. The lowest BCUT2D eigenvalue weighted by Crippen LogP contribution is -2.30. The standard InChI is InChI=1S/C25H25N5O2S2/c1-16-7-8-21-20(11-16)17(13-26-21)9-10-30-14-18(12-23(30)31)24(32)27-25-29-28-22(34-25)15-33-19-5-3-2-4-6-19/h2-8,11,13,18,26H,9-10,12,14-15H2,1H3,(H,27,29,32)/t18-/m1/s1. The molecule has 0 aliphatic carbocycles. The zero-order valence-electron chi connectivity index (χ0n) is 18.8. The quantitative estimate of drug-likeness (QED) is 0.350. The summed E-state index contributed by atoms with van der Waals surface area (Å²) in [6.07, 6.45) is 2.99. The van der Waals surface area contributed by atoms with Crippen LogP contribution in [0.3, 0.4) is 0 Å². The molecule has 2 aromatic carbocycles. The number of aryl methyl sites for hydroxylation is 1. The van der Waals surface area contributed by atoms with E-state index in [1.54, 1.807) is 16.7 Å². The molecule has 1 saturated heterocycles. The van der Waals surface area contributed by atoms with Crippen molar-refractivity contribution in [3.63, 3.8) is 0 Å². The molecule has 0 radical (unpaired) electrons. The van der Waals surface area contributed by atoms with E-state index in [1.807, 2.05) is 24.4 Å². The minimum Gasteiger partial charge on any atom is -0.361 e. The van der Waals surface area contributed by atoms with Crippen LogP contribution in [-0.4, -0.2) is 45.0 Å². The third-order valence-electron chi connectivity index (χ3n) is 5.96. The van der Waals surface area contributed by atoms with Crippen molar-refractivity contribution >= 4 is 50.9 Å². The Hall–Kier alpha value is -3.17. The summed E-state index contributed by atoms with van der Waals surface area (Å²) in [5.41, 5.74) is 3.50. The van der Waals surface area contributed by atoms with E-state index in [4.69, 9.17) is 0 Å². The lowest BCUT2D eigenvalue weighted by Gasteiger charge is -2.16. The van der Waals surface area contributed by atoms with Gasteiger partial charge in [0.2, 0.25) is 16.9 Å². The molecule has 2 aromatic heterocycles. The molecule has 1 fully saturated rings. The van der Waals surface area contributed by atoms with E-state index in [1.165, 1.54) is 27.8 Å². The fourth-order valence-electron chi connectivity index (χ4n) is 4.15. The van der Waals surface area contributed by atoms with Crippen LogP contribution in [0.5, 0.6) is 0 Å². The number of aromatic nitrogens is 3. The van der Waals surface area contributed by atoms with Crippen LogP contribution in [0.25, 0.3) is 10.9 Å². The van der Waals surface area contributed by atoms with Gasteiger partial charge in [-0.05, 0) is 43.2 Å². The number of H-pyrrole nitrogens is 1. The Bertz CT molecular complexity index is 1320. The average Bonchev–Trinajstić information content (AvgIpc) is 3.55. The third kappa shape index (κ3) is 5.15. The van der Waals surface area contributed by atoms with E-state index < -0.39 is 0 Å². The molecular weight excluding hydrogens is 466 g/mol. The highest BCUT2D eigenvalue weighted by atomic mass is 32.2. The number of thioether (sulfide) groups is 1. The van der Waals surface area contributed by atoms with Crippen LogP contribution in [0.4, 0.5) is 5.13 Å². The summed E-state index contributed by atoms with van der Waals surface area (Å²) in [6.45, 7) is 3.11. The van der Waals surface area contributed by atoms with Gasteiger partial charge < -0.3 is 15.2 Å². The monoisotopic (exact) mass is 491 g/mol. The highest BCUT2D eigenvalue weighted by Gasteiger charge is 2.34. The van der Waals surface area contributed by atoms with Gasteiger partial charge in [-0.3, -0.25) is 9.59 Å². The maximum Gasteiger partial charge on any atom is 0.231 e. The number of aromatic amines is 1. The maximum absolute atomic E-state index is 12.8. The van der Waals surface area contributed by atoms with E-state index in [0.29, 0.717) is 24.0 Å². The van der Waals surface area contributed by atoms with Gasteiger partial charge in [-0.15, -0.1) is 22.0 Å². The molecule has 9 heteroatoms. The second kappa shape index (κ2) is 9.99. The maximum atomic E-state index is 12.8.